The molecule has 1 fully saturated rings. The van der Waals surface area contributed by atoms with E-state index in [0.717, 1.165) is 25.7 Å². The van der Waals surface area contributed by atoms with Crippen LogP contribution in [0.2, 0.25) is 0 Å². The van der Waals surface area contributed by atoms with Crippen LogP contribution in [0.1, 0.15) is 32.1 Å². The van der Waals surface area contributed by atoms with E-state index in [-0.39, 0.29) is 18.9 Å². The fraction of sp³-hybridized carbons (Fsp3) is 0.900. The molecule has 0 aromatic rings. The minimum atomic E-state index is -0.892. The summed E-state index contributed by atoms with van der Waals surface area (Å²) in [6.45, 7) is -0.351. The number of carboxylic acids is 1. The molecule has 2 unspecified atom stereocenters. The summed E-state index contributed by atoms with van der Waals surface area (Å²) in [6.07, 6.45) is 3.34. The summed E-state index contributed by atoms with van der Waals surface area (Å²) in [4.78, 5) is 10.9. The van der Waals surface area contributed by atoms with Gasteiger partial charge in [-0.05, 0) is 25.2 Å². The number of hydrogen-bond donors (Lipinski definition) is 3. The molecule has 3 N–H and O–H groups in total. The summed E-state index contributed by atoms with van der Waals surface area (Å²) >= 11 is 0. The second-order valence-corrected chi connectivity index (χ2v) is 4.06. The number of carbonyl (C=O) groups is 1. The van der Waals surface area contributed by atoms with Gasteiger partial charge in [0.1, 0.15) is 0 Å². The van der Waals surface area contributed by atoms with Crippen LogP contribution < -0.4 is 0 Å². The summed E-state index contributed by atoms with van der Waals surface area (Å²) in [5.74, 6) is -1.14. The Kier molecular flexibility index (Phi) is 4.35. The average Bonchev–Trinajstić information content (AvgIpc) is 2.65. The van der Waals surface area contributed by atoms with Gasteiger partial charge in [-0.25, -0.2) is 0 Å². The second-order valence-electron chi connectivity index (χ2n) is 4.06. The molecule has 0 amide bonds. The van der Waals surface area contributed by atoms with Crippen molar-refractivity contribution >= 4 is 5.97 Å². The second kappa shape index (κ2) is 5.32. The molecule has 2 atom stereocenters. The quantitative estimate of drug-likeness (QED) is 0.610. The van der Waals surface area contributed by atoms with Crippen molar-refractivity contribution in [1.82, 2.24) is 0 Å². The molecular weight excluding hydrogens is 184 g/mol. The predicted octanol–water partition coefficient (Wildman–Crippen LogP) is 0.621. The van der Waals surface area contributed by atoms with E-state index in [1.807, 2.05) is 0 Å². The van der Waals surface area contributed by atoms with Gasteiger partial charge < -0.3 is 15.3 Å². The highest BCUT2D eigenvalue weighted by atomic mass is 16.4. The van der Waals surface area contributed by atoms with Gasteiger partial charge >= 0.3 is 5.97 Å². The van der Waals surface area contributed by atoms with E-state index >= 15 is 0 Å². The highest BCUT2D eigenvalue weighted by Gasteiger charge is 2.31. The summed E-state index contributed by atoms with van der Waals surface area (Å²) < 4.78 is 0. The zero-order valence-electron chi connectivity index (χ0n) is 8.22. The Balaban J connectivity index is 2.49. The topological polar surface area (TPSA) is 77.8 Å². The maximum absolute atomic E-state index is 10.9. The highest BCUT2D eigenvalue weighted by molar-refractivity contribution is 5.70. The Labute approximate surface area is 83.6 Å². The van der Waals surface area contributed by atoms with Crippen molar-refractivity contribution in [2.24, 2.45) is 11.8 Å². The Bertz CT molecular complexity index is 187. The first-order valence-corrected chi connectivity index (χ1v) is 5.17. The lowest BCUT2D eigenvalue weighted by atomic mass is 9.86. The molecule has 1 aliphatic carbocycles. The third-order valence-corrected chi connectivity index (χ3v) is 3.02. The molecule has 0 bridgehead atoms. The average molecular weight is 202 g/mol. The standard InChI is InChI=1S/C10H18O4/c11-6-8(12)5-9(10(13)14)7-3-1-2-4-7/h7-9,11-12H,1-6H2,(H,13,14). The summed E-state index contributed by atoms with van der Waals surface area (Å²) in [5.41, 5.74) is 0. The highest BCUT2D eigenvalue weighted by Crippen LogP contribution is 2.33. The van der Waals surface area contributed by atoms with Crippen molar-refractivity contribution in [1.29, 1.82) is 0 Å². The number of carboxylic acid groups (broad SMARTS) is 1. The van der Waals surface area contributed by atoms with Crippen molar-refractivity contribution in [3.8, 4) is 0 Å². The van der Waals surface area contributed by atoms with Gasteiger partial charge in [-0.3, -0.25) is 4.79 Å². The third kappa shape index (κ3) is 2.96. The number of rotatable bonds is 5. The molecule has 4 nitrogen and oxygen atoms in total. The van der Waals surface area contributed by atoms with E-state index in [1.165, 1.54) is 0 Å². The van der Waals surface area contributed by atoms with Gasteiger partial charge in [-0.1, -0.05) is 12.8 Å². The monoisotopic (exact) mass is 202 g/mol. The van der Waals surface area contributed by atoms with Crippen molar-refractivity contribution in [3.63, 3.8) is 0 Å². The van der Waals surface area contributed by atoms with Gasteiger partial charge in [-0.15, -0.1) is 0 Å². The van der Waals surface area contributed by atoms with Gasteiger partial charge in [0.05, 0.1) is 18.6 Å². The van der Waals surface area contributed by atoms with Crippen LogP contribution in [0.15, 0.2) is 0 Å². The van der Waals surface area contributed by atoms with E-state index in [0.29, 0.717) is 0 Å². The molecule has 0 aliphatic heterocycles. The summed E-state index contributed by atoms with van der Waals surface area (Å²) in [5, 5.41) is 26.9. The van der Waals surface area contributed by atoms with Crippen LogP contribution >= 0.6 is 0 Å². The van der Waals surface area contributed by atoms with Crippen molar-refractivity contribution in [2.45, 2.75) is 38.2 Å². The molecule has 0 heterocycles. The molecule has 0 aromatic heterocycles. The number of aliphatic carboxylic acids is 1. The summed E-state index contributed by atoms with van der Waals surface area (Å²) in [6, 6.07) is 0. The SMILES string of the molecule is O=C(O)C(CC(O)CO)C1CCCC1. The van der Waals surface area contributed by atoms with Crippen LogP contribution in [0.5, 0.6) is 0 Å². The van der Waals surface area contributed by atoms with Gasteiger partial charge in [-0.2, -0.15) is 0 Å². The number of aliphatic hydroxyl groups excluding tert-OH is 2. The van der Waals surface area contributed by atoms with Crippen LogP contribution in [0.4, 0.5) is 0 Å². The fourth-order valence-corrected chi connectivity index (χ4v) is 2.22. The minimum absolute atomic E-state index is 0.177. The van der Waals surface area contributed by atoms with E-state index in [9.17, 15) is 9.90 Å². The Morgan fingerprint density at radius 2 is 1.93 bits per heavy atom. The van der Waals surface area contributed by atoms with Gasteiger partial charge in [0.25, 0.3) is 0 Å². The Hall–Kier alpha value is -0.610. The van der Waals surface area contributed by atoms with Gasteiger partial charge in [0, 0.05) is 0 Å². The maximum atomic E-state index is 10.9. The van der Waals surface area contributed by atoms with Crippen molar-refractivity contribution < 1.29 is 20.1 Å². The molecule has 14 heavy (non-hydrogen) atoms. The molecule has 0 spiro atoms. The molecule has 0 saturated heterocycles. The first kappa shape index (κ1) is 11.5. The molecular formula is C10H18O4. The Morgan fingerprint density at radius 1 is 1.36 bits per heavy atom. The summed E-state index contributed by atoms with van der Waals surface area (Å²) in [7, 11) is 0. The normalized spacial score (nSPS) is 22.1. The fourth-order valence-electron chi connectivity index (χ4n) is 2.22. The maximum Gasteiger partial charge on any atom is 0.306 e. The third-order valence-electron chi connectivity index (χ3n) is 3.02. The first-order chi connectivity index (χ1) is 6.65. The predicted molar refractivity (Wildman–Crippen MR) is 50.8 cm³/mol. The lowest BCUT2D eigenvalue weighted by molar-refractivity contribution is -0.145. The van der Waals surface area contributed by atoms with Crippen molar-refractivity contribution in [3.05, 3.63) is 0 Å². The number of aliphatic hydroxyl groups is 2. The molecule has 0 radical (unpaired) electrons. The van der Waals surface area contributed by atoms with E-state index < -0.39 is 18.0 Å². The van der Waals surface area contributed by atoms with Crippen LogP contribution in [0.3, 0.4) is 0 Å². The van der Waals surface area contributed by atoms with E-state index in [2.05, 4.69) is 0 Å². The van der Waals surface area contributed by atoms with Crippen molar-refractivity contribution in [2.75, 3.05) is 6.61 Å². The minimum Gasteiger partial charge on any atom is -0.481 e. The molecule has 4 heteroatoms. The Morgan fingerprint density at radius 3 is 2.36 bits per heavy atom. The molecule has 82 valence electrons. The first-order valence-electron chi connectivity index (χ1n) is 5.17. The van der Waals surface area contributed by atoms with Crippen LogP contribution in [0, 0.1) is 11.8 Å². The van der Waals surface area contributed by atoms with Gasteiger partial charge in [0.2, 0.25) is 0 Å². The molecule has 1 aliphatic rings. The smallest absolute Gasteiger partial charge is 0.306 e. The zero-order valence-corrected chi connectivity index (χ0v) is 8.22. The lowest BCUT2D eigenvalue weighted by Crippen LogP contribution is -2.28. The molecule has 0 aromatic carbocycles. The lowest BCUT2D eigenvalue weighted by Gasteiger charge is -2.20. The van der Waals surface area contributed by atoms with E-state index in [1.54, 1.807) is 0 Å². The van der Waals surface area contributed by atoms with Gasteiger partial charge in [0.15, 0.2) is 0 Å². The molecule has 1 rings (SSSR count). The van der Waals surface area contributed by atoms with Crippen LogP contribution in [-0.4, -0.2) is 34.0 Å². The molecule has 1 saturated carbocycles. The van der Waals surface area contributed by atoms with Crippen LogP contribution in [0.25, 0.3) is 0 Å². The number of hydrogen-bond acceptors (Lipinski definition) is 3. The largest absolute Gasteiger partial charge is 0.481 e. The van der Waals surface area contributed by atoms with E-state index in [4.69, 9.17) is 10.2 Å². The van der Waals surface area contributed by atoms with Crippen LogP contribution in [-0.2, 0) is 4.79 Å². The zero-order chi connectivity index (χ0) is 10.6.